The highest BCUT2D eigenvalue weighted by molar-refractivity contribution is 7.00. The lowest BCUT2D eigenvalue weighted by Gasteiger charge is -2.45. The molecule has 0 aromatic heterocycles. The highest BCUT2D eigenvalue weighted by Crippen LogP contribution is 2.47. The van der Waals surface area contributed by atoms with E-state index in [1.807, 2.05) is 12.1 Å². The second-order valence-corrected chi connectivity index (χ2v) is 11.8. The van der Waals surface area contributed by atoms with E-state index in [0.717, 1.165) is 22.7 Å². The fourth-order valence-corrected chi connectivity index (χ4v) is 7.52. The first-order chi connectivity index (χ1) is 21.2. The number of hydrogen-bond donors (Lipinski definition) is 0. The van der Waals surface area contributed by atoms with Crippen LogP contribution in [-0.4, -0.2) is 6.71 Å². The van der Waals surface area contributed by atoms with Gasteiger partial charge in [-0.2, -0.15) is 5.26 Å². The summed E-state index contributed by atoms with van der Waals surface area (Å²) in [7, 11) is 0. The van der Waals surface area contributed by atoms with E-state index in [1.54, 1.807) is 0 Å². The van der Waals surface area contributed by atoms with E-state index in [9.17, 15) is 5.26 Å². The Morgan fingerprint density at radius 1 is 0.674 bits per heavy atom. The van der Waals surface area contributed by atoms with Crippen molar-refractivity contribution < 1.29 is 0 Å². The van der Waals surface area contributed by atoms with Crippen molar-refractivity contribution >= 4 is 62.9 Å². The van der Waals surface area contributed by atoms with Crippen molar-refractivity contribution in [1.29, 1.82) is 5.26 Å². The molecule has 2 aliphatic heterocycles. The number of fused-ring (bicyclic) bond motifs is 4. The van der Waals surface area contributed by atoms with Crippen LogP contribution in [0.1, 0.15) is 49.1 Å². The van der Waals surface area contributed by atoms with Crippen LogP contribution in [0.3, 0.4) is 0 Å². The third kappa shape index (κ3) is 4.04. The van der Waals surface area contributed by atoms with Gasteiger partial charge in [0.1, 0.15) is 0 Å². The molecule has 0 spiro atoms. The molecule has 8 rings (SSSR count). The molecule has 5 aromatic carbocycles. The predicted octanol–water partition coefficient (Wildman–Crippen LogP) is 8.24. The Kier molecular flexibility index (Phi) is 6.06. The molecule has 5 aromatic rings. The molecule has 3 aliphatic rings. The van der Waals surface area contributed by atoms with Crippen molar-refractivity contribution in [2.75, 3.05) is 9.80 Å². The fourth-order valence-electron chi connectivity index (χ4n) is 7.52. The molecule has 0 unspecified atom stereocenters. The molecule has 43 heavy (non-hydrogen) atoms. The largest absolute Gasteiger partial charge is 0.313 e. The molecule has 0 radical (unpaired) electrons. The maximum atomic E-state index is 9.96. The van der Waals surface area contributed by atoms with E-state index in [4.69, 9.17) is 6.57 Å². The van der Waals surface area contributed by atoms with Gasteiger partial charge in [-0.25, -0.2) is 4.85 Å². The van der Waals surface area contributed by atoms with E-state index in [2.05, 4.69) is 118 Å². The maximum Gasteiger partial charge on any atom is 0.251 e. The Balaban J connectivity index is 1.50. The van der Waals surface area contributed by atoms with Crippen molar-refractivity contribution in [2.24, 2.45) is 0 Å². The van der Waals surface area contributed by atoms with Gasteiger partial charge in [-0.05, 0) is 95.3 Å². The van der Waals surface area contributed by atoms with Crippen LogP contribution < -0.4 is 26.2 Å². The zero-order chi connectivity index (χ0) is 28.9. The second kappa shape index (κ2) is 10.2. The molecule has 204 valence electrons. The third-order valence-electron chi connectivity index (χ3n) is 9.44. The maximum absolute atomic E-state index is 9.96. The van der Waals surface area contributed by atoms with Gasteiger partial charge >= 0.3 is 0 Å². The monoisotopic (exact) mass is 552 g/mol. The normalized spacial score (nSPS) is 15.2. The number of anilines is 6. The average Bonchev–Trinajstić information content (AvgIpc) is 3.08. The van der Waals surface area contributed by atoms with Crippen molar-refractivity contribution in [3.63, 3.8) is 0 Å². The van der Waals surface area contributed by atoms with E-state index in [0.29, 0.717) is 17.2 Å². The van der Waals surface area contributed by atoms with Crippen molar-refractivity contribution in [3.05, 3.63) is 132 Å². The summed E-state index contributed by atoms with van der Waals surface area (Å²) < 4.78 is 0. The molecule has 0 atom stereocenters. The molecule has 2 heterocycles. The Labute approximate surface area is 253 Å². The smallest absolute Gasteiger partial charge is 0.251 e. The van der Waals surface area contributed by atoms with Crippen LogP contribution in [0.2, 0.25) is 0 Å². The van der Waals surface area contributed by atoms with Gasteiger partial charge in [0.05, 0.1) is 18.2 Å². The van der Waals surface area contributed by atoms with Gasteiger partial charge < -0.3 is 9.80 Å². The van der Waals surface area contributed by atoms with Crippen LogP contribution in [0.25, 0.3) is 4.85 Å². The molecule has 0 saturated heterocycles. The quantitative estimate of drug-likeness (QED) is 0.164. The first-order valence-corrected chi connectivity index (χ1v) is 15.2. The zero-order valence-corrected chi connectivity index (χ0v) is 23.9. The summed E-state index contributed by atoms with van der Waals surface area (Å²) in [6.07, 6.45) is 6.23. The summed E-state index contributed by atoms with van der Waals surface area (Å²) in [6, 6.07) is 40.7. The van der Waals surface area contributed by atoms with Crippen LogP contribution in [0.4, 0.5) is 39.8 Å². The lowest BCUT2D eigenvalue weighted by molar-refractivity contribution is 0.444. The fraction of sp³-hybridized carbons (Fsp3) is 0.158. The van der Waals surface area contributed by atoms with E-state index in [-0.39, 0.29) is 6.71 Å². The number of nitrogens with zero attached hydrogens (tertiary/aromatic N) is 4. The zero-order valence-electron chi connectivity index (χ0n) is 23.9. The summed E-state index contributed by atoms with van der Waals surface area (Å²) in [5.41, 5.74) is 12.9. The average molecular weight is 552 g/mol. The molecular formula is C38H29BN4. The highest BCUT2D eigenvalue weighted by Gasteiger charge is 2.44. The summed E-state index contributed by atoms with van der Waals surface area (Å²) in [5.74, 6) is 0.506. The van der Waals surface area contributed by atoms with Gasteiger partial charge in [0, 0.05) is 34.1 Å². The number of rotatable bonds is 3. The van der Waals surface area contributed by atoms with E-state index >= 15 is 0 Å². The van der Waals surface area contributed by atoms with Crippen LogP contribution in [0, 0.1) is 17.9 Å². The topological polar surface area (TPSA) is 34.6 Å². The molecule has 1 aliphatic carbocycles. The van der Waals surface area contributed by atoms with Gasteiger partial charge in [-0.15, -0.1) is 0 Å². The standard InChI is InChI=1S/C38H29BN4/c1-41-29-18-20-33-35(24-29)43(31-15-9-4-10-16-31)37-23-28(27-11-5-2-6-12-27)22-36-38(37)39(33)32-19-17-26(25-40)21-34(32)42(36)30-13-7-3-8-14-30/h3-4,7-10,13-24,27H,2,5-6,11-12H2. The lowest BCUT2D eigenvalue weighted by Crippen LogP contribution is -2.61. The van der Waals surface area contributed by atoms with Gasteiger partial charge in [0.2, 0.25) is 0 Å². The number of para-hydroxylation sites is 2. The van der Waals surface area contributed by atoms with Gasteiger partial charge in [-0.1, -0.05) is 73.9 Å². The molecule has 1 fully saturated rings. The van der Waals surface area contributed by atoms with Crippen molar-refractivity contribution in [1.82, 2.24) is 0 Å². The third-order valence-corrected chi connectivity index (χ3v) is 9.44. The molecule has 5 heteroatoms. The van der Waals surface area contributed by atoms with E-state index < -0.39 is 0 Å². The number of benzene rings is 5. The summed E-state index contributed by atoms with van der Waals surface area (Å²) in [5, 5.41) is 9.96. The minimum atomic E-state index is -0.0251. The number of nitriles is 1. The molecule has 1 saturated carbocycles. The first kappa shape index (κ1) is 25.5. The van der Waals surface area contributed by atoms with Crippen LogP contribution in [0.5, 0.6) is 0 Å². The lowest BCUT2D eigenvalue weighted by atomic mass is 9.33. The van der Waals surface area contributed by atoms with Crippen molar-refractivity contribution in [3.8, 4) is 6.07 Å². The number of hydrogen-bond acceptors (Lipinski definition) is 3. The minimum absolute atomic E-state index is 0.0251. The Bertz CT molecular complexity index is 1820. The first-order valence-electron chi connectivity index (χ1n) is 15.2. The van der Waals surface area contributed by atoms with Crippen LogP contribution in [-0.2, 0) is 0 Å². The van der Waals surface area contributed by atoms with E-state index in [1.165, 1.54) is 65.4 Å². The highest BCUT2D eigenvalue weighted by atomic mass is 15.2. The van der Waals surface area contributed by atoms with Crippen molar-refractivity contribution in [2.45, 2.75) is 38.0 Å². The molecule has 0 amide bonds. The Hall–Kier alpha value is -5.26. The molecule has 0 bridgehead atoms. The van der Waals surface area contributed by atoms with Crippen LogP contribution >= 0.6 is 0 Å². The Morgan fingerprint density at radius 3 is 1.84 bits per heavy atom. The predicted molar refractivity (Wildman–Crippen MR) is 177 cm³/mol. The summed E-state index contributed by atoms with van der Waals surface area (Å²) in [4.78, 5) is 8.59. The van der Waals surface area contributed by atoms with Crippen LogP contribution in [0.15, 0.2) is 109 Å². The SMILES string of the molecule is [C-]#[N+]c1ccc2c(c1)N(c1ccccc1)c1cc(C3CCCCC3)cc3c1B2c1ccc(C#N)cc1N3c1ccccc1. The molecular weight excluding hydrogens is 523 g/mol. The minimum Gasteiger partial charge on any atom is -0.313 e. The Morgan fingerprint density at radius 2 is 1.26 bits per heavy atom. The molecule has 0 N–H and O–H groups in total. The second-order valence-electron chi connectivity index (χ2n) is 11.8. The molecule has 4 nitrogen and oxygen atoms in total. The summed E-state index contributed by atoms with van der Waals surface area (Å²) in [6.45, 7) is 7.81. The summed E-state index contributed by atoms with van der Waals surface area (Å²) >= 11 is 0. The van der Waals surface area contributed by atoms with Gasteiger partial charge in [0.15, 0.2) is 5.69 Å². The van der Waals surface area contributed by atoms with Gasteiger partial charge in [0.25, 0.3) is 6.71 Å². The van der Waals surface area contributed by atoms with Gasteiger partial charge in [-0.3, -0.25) is 0 Å².